The van der Waals surface area contributed by atoms with Gasteiger partial charge < -0.3 is 0 Å². The lowest BCUT2D eigenvalue weighted by Gasteiger charge is -2.22. The molecule has 0 bridgehead atoms. The SMILES string of the molecule is Cc1ccsc1CN(Cc1ccccn1)Cc1c(C)nn(C)c1Cl. The zero-order chi connectivity index (χ0) is 17.1. The predicted octanol–water partition coefficient (Wildman–Crippen LogP) is 4.35. The summed E-state index contributed by atoms with van der Waals surface area (Å²) >= 11 is 8.23. The predicted molar refractivity (Wildman–Crippen MR) is 99.2 cm³/mol. The van der Waals surface area contributed by atoms with Crippen molar-refractivity contribution >= 4 is 22.9 Å². The molecule has 0 aromatic carbocycles. The molecule has 3 heterocycles. The van der Waals surface area contributed by atoms with Gasteiger partial charge in [0, 0.05) is 43.3 Å². The summed E-state index contributed by atoms with van der Waals surface area (Å²) in [6.45, 7) is 6.59. The second-order valence-electron chi connectivity index (χ2n) is 5.97. The molecule has 126 valence electrons. The highest BCUT2D eigenvalue weighted by molar-refractivity contribution is 7.10. The van der Waals surface area contributed by atoms with Crippen LogP contribution in [0.15, 0.2) is 35.8 Å². The van der Waals surface area contributed by atoms with E-state index in [1.165, 1.54) is 10.4 Å². The number of hydrogen-bond donors (Lipinski definition) is 0. The van der Waals surface area contributed by atoms with E-state index in [4.69, 9.17) is 11.6 Å². The van der Waals surface area contributed by atoms with Gasteiger partial charge in [0.05, 0.1) is 11.4 Å². The second kappa shape index (κ2) is 7.47. The summed E-state index contributed by atoms with van der Waals surface area (Å²) in [6.07, 6.45) is 1.84. The zero-order valence-corrected chi connectivity index (χ0v) is 15.7. The van der Waals surface area contributed by atoms with Crippen molar-refractivity contribution in [2.45, 2.75) is 33.5 Å². The topological polar surface area (TPSA) is 34.0 Å². The molecule has 0 unspecified atom stereocenters. The molecule has 4 nitrogen and oxygen atoms in total. The first-order chi connectivity index (χ1) is 11.5. The summed E-state index contributed by atoms with van der Waals surface area (Å²) in [4.78, 5) is 8.22. The van der Waals surface area contributed by atoms with Crippen LogP contribution in [0.5, 0.6) is 0 Å². The van der Waals surface area contributed by atoms with Crippen LogP contribution in [0.1, 0.15) is 27.4 Å². The molecule has 0 aliphatic carbocycles. The molecule has 0 atom stereocenters. The van der Waals surface area contributed by atoms with Crippen molar-refractivity contribution in [2.75, 3.05) is 0 Å². The molecule has 0 aliphatic heterocycles. The van der Waals surface area contributed by atoms with Gasteiger partial charge in [-0.3, -0.25) is 14.6 Å². The fraction of sp³-hybridized carbons (Fsp3) is 0.333. The van der Waals surface area contributed by atoms with Gasteiger partial charge in [-0.05, 0) is 43.0 Å². The van der Waals surface area contributed by atoms with Crippen LogP contribution in [0.2, 0.25) is 5.15 Å². The third-order valence-electron chi connectivity index (χ3n) is 4.10. The summed E-state index contributed by atoms with van der Waals surface area (Å²) in [5.74, 6) is 0. The van der Waals surface area contributed by atoms with Crippen LogP contribution in [0.25, 0.3) is 0 Å². The molecule has 3 aromatic heterocycles. The number of nitrogens with zero attached hydrogens (tertiary/aromatic N) is 4. The van der Waals surface area contributed by atoms with E-state index in [0.717, 1.165) is 36.6 Å². The second-order valence-corrected chi connectivity index (χ2v) is 7.33. The maximum absolute atomic E-state index is 6.44. The van der Waals surface area contributed by atoms with E-state index in [1.54, 1.807) is 16.0 Å². The van der Waals surface area contributed by atoms with Gasteiger partial charge in [0.15, 0.2) is 0 Å². The summed E-state index contributed by atoms with van der Waals surface area (Å²) in [7, 11) is 1.88. The maximum atomic E-state index is 6.44. The Morgan fingerprint density at radius 3 is 2.58 bits per heavy atom. The minimum absolute atomic E-state index is 0.710. The summed E-state index contributed by atoms with van der Waals surface area (Å²) in [5, 5.41) is 7.28. The summed E-state index contributed by atoms with van der Waals surface area (Å²) in [6, 6.07) is 8.20. The highest BCUT2D eigenvalue weighted by Crippen LogP contribution is 2.24. The third-order valence-corrected chi connectivity index (χ3v) is 5.58. The van der Waals surface area contributed by atoms with Crippen molar-refractivity contribution in [3.63, 3.8) is 0 Å². The lowest BCUT2D eigenvalue weighted by Crippen LogP contribution is -2.23. The van der Waals surface area contributed by atoms with E-state index < -0.39 is 0 Å². The Labute approximate surface area is 151 Å². The normalized spacial score (nSPS) is 11.4. The van der Waals surface area contributed by atoms with Crippen LogP contribution in [-0.4, -0.2) is 19.7 Å². The van der Waals surface area contributed by atoms with Crippen molar-refractivity contribution in [1.29, 1.82) is 0 Å². The fourth-order valence-electron chi connectivity index (χ4n) is 2.73. The first-order valence-corrected chi connectivity index (χ1v) is 9.13. The number of pyridine rings is 1. The first-order valence-electron chi connectivity index (χ1n) is 7.88. The van der Waals surface area contributed by atoms with Crippen LogP contribution in [-0.2, 0) is 26.7 Å². The molecule has 24 heavy (non-hydrogen) atoms. The van der Waals surface area contributed by atoms with Gasteiger partial charge in [0.2, 0.25) is 0 Å². The van der Waals surface area contributed by atoms with Gasteiger partial charge in [-0.15, -0.1) is 11.3 Å². The van der Waals surface area contributed by atoms with E-state index in [1.807, 2.05) is 32.3 Å². The van der Waals surface area contributed by atoms with Crippen molar-refractivity contribution in [3.8, 4) is 0 Å². The van der Waals surface area contributed by atoms with Gasteiger partial charge in [0.1, 0.15) is 5.15 Å². The van der Waals surface area contributed by atoms with Crippen molar-refractivity contribution in [1.82, 2.24) is 19.7 Å². The van der Waals surface area contributed by atoms with Gasteiger partial charge in [0.25, 0.3) is 0 Å². The number of hydrogen-bond acceptors (Lipinski definition) is 4. The van der Waals surface area contributed by atoms with Gasteiger partial charge in [-0.2, -0.15) is 5.10 Å². The third kappa shape index (κ3) is 3.86. The van der Waals surface area contributed by atoms with Crippen LogP contribution < -0.4 is 0 Å². The fourth-order valence-corrected chi connectivity index (χ4v) is 3.92. The number of thiophene rings is 1. The van der Waals surface area contributed by atoms with E-state index >= 15 is 0 Å². The van der Waals surface area contributed by atoms with Crippen LogP contribution in [0.3, 0.4) is 0 Å². The van der Waals surface area contributed by atoms with Gasteiger partial charge in [-0.25, -0.2) is 0 Å². The standard InChI is InChI=1S/C18H21ClN4S/c1-13-7-9-24-17(13)12-23(10-15-6-4-5-8-20-15)11-16-14(2)21-22(3)18(16)19/h4-9H,10-12H2,1-3H3. The Morgan fingerprint density at radius 1 is 1.17 bits per heavy atom. The summed E-state index contributed by atoms with van der Waals surface area (Å²) in [5.41, 5.74) is 4.46. The number of aryl methyl sites for hydroxylation is 3. The smallest absolute Gasteiger partial charge is 0.131 e. The van der Waals surface area contributed by atoms with Crippen LogP contribution >= 0.6 is 22.9 Å². The van der Waals surface area contributed by atoms with Crippen LogP contribution in [0, 0.1) is 13.8 Å². The Hall–Kier alpha value is -1.69. The van der Waals surface area contributed by atoms with Crippen molar-refractivity contribution in [2.24, 2.45) is 7.05 Å². The molecule has 0 aliphatic rings. The lowest BCUT2D eigenvalue weighted by atomic mass is 10.2. The molecule has 0 saturated carbocycles. The van der Waals surface area contributed by atoms with E-state index in [2.05, 4.69) is 39.4 Å². The molecule has 6 heteroatoms. The molecule has 0 radical (unpaired) electrons. The Morgan fingerprint density at radius 2 is 2.00 bits per heavy atom. The quantitative estimate of drug-likeness (QED) is 0.655. The van der Waals surface area contributed by atoms with E-state index in [-0.39, 0.29) is 0 Å². The van der Waals surface area contributed by atoms with Crippen LogP contribution in [0.4, 0.5) is 0 Å². The highest BCUT2D eigenvalue weighted by Gasteiger charge is 2.17. The number of rotatable bonds is 6. The van der Waals surface area contributed by atoms with Crippen molar-refractivity contribution < 1.29 is 0 Å². The average Bonchev–Trinajstić information content (AvgIpc) is 3.06. The maximum Gasteiger partial charge on any atom is 0.131 e. The first kappa shape index (κ1) is 17.1. The minimum Gasteiger partial charge on any atom is -0.288 e. The molecule has 0 fully saturated rings. The zero-order valence-electron chi connectivity index (χ0n) is 14.2. The Kier molecular flexibility index (Phi) is 5.33. The largest absolute Gasteiger partial charge is 0.288 e. The molecular formula is C18H21ClN4S. The number of aromatic nitrogens is 3. The van der Waals surface area contributed by atoms with Gasteiger partial charge in [-0.1, -0.05) is 17.7 Å². The average molecular weight is 361 g/mol. The highest BCUT2D eigenvalue weighted by atomic mass is 35.5. The molecule has 3 rings (SSSR count). The molecular weight excluding hydrogens is 340 g/mol. The van der Waals surface area contributed by atoms with E-state index in [9.17, 15) is 0 Å². The van der Waals surface area contributed by atoms with Crippen molar-refractivity contribution in [3.05, 3.63) is 68.4 Å². The lowest BCUT2D eigenvalue weighted by molar-refractivity contribution is 0.246. The monoisotopic (exact) mass is 360 g/mol. The van der Waals surface area contributed by atoms with E-state index in [0.29, 0.717) is 5.15 Å². The Bertz CT molecular complexity index is 810. The minimum atomic E-state index is 0.710. The molecule has 0 amide bonds. The number of halogens is 1. The molecule has 3 aromatic rings. The van der Waals surface area contributed by atoms with Gasteiger partial charge >= 0.3 is 0 Å². The molecule has 0 spiro atoms. The molecule has 0 N–H and O–H groups in total. The molecule has 0 saturated heterocycles. The summed E-state index contributed by atoms with van der Waals surface area (Å²) < 4.78 is 1.74. The Balaban J connectivity index is 1.85.